The SMILES string of the molecule is Cc1ccc(Cl)c(OCc2noc(-c3ccc(F)cc3)n2)c1. The van der Waals surface area contributed by atoms with E-state index >= 15 is 0 Å². The van der Waals surface area contributed by atoms with Crippen molar-refractivity contribution in [3.8, 4) is 17.2 Å². The highest BCUT2D eigenvalue weighted by molar-refractivity contribution is 6.32. The monoisotopic (exact) mass is 318 g/mol. The molecule has 0 amide bonds. The number of aryl methyl sites for hydroxylation is 1. The Balaban J connectivity index is 1.72. The first-order valence-corrected chi connectivity index (χ1v) is 6.97. The highest BCUT2D eigenvalue weighted by Gasteiger charge is 2.10. The Kier molecular flexibility index (Phi) is 4.06. The van der Waals surface area contributed by atoms with Gasteiger partial charge >= 0.3 is 0 Å². The lowest BCUT2D eigenvalue weighted by Gasteiger charge is -2.06. The molecule has 0 bridgehead atoms. The number of hydrogen-bond acceptors (Lipinski definition) is 4. The second-order valence-corrected chi connectivity index (χ2v) is 5.15. The van der Waals surface area contributed by atoms with E-state index in [4.69, 9.17) is 20.9 Å². The third-order valence-electron chi connectivity index (χ3n) is 3.00. The molecule has 0 spiro atoms. The first-order chi connectivity index (χ1) is 10.6. The number of aromatic nitrogens is 2. The summed E-state index contributed by atoms with van der Waals surface area (Å²) in [6.45, 7) is 2.08. The molecule has 0 unspecified atom stereocenters. The molecule has 4 nitrogen and oxygen atoms in total. The largest absolute Gasteiger partial charge is 0.484 e. The Morgan fingerprint density at radius 1 is 1.18 bits per heavy atom. The predicted molar refractivity (Wildman–Crippen MR) is 80.2 cm³/mol. The fourth-order valence-corrected chi connectivity index (χ4v) is 2.06. The maximum Gasteiger partial charge on any atom is 0.258 e. The molecule has 0 fully saturated rings. The van der Waals surface area contributed by atoms with Crippen molar-refractivity contribution in [1.29, 1.82) is 0 Å². The first kappa shape index (κ1) is 14.5. The molecule has 0 aliphatic rings. The van der Waals surface area contributed by atoms with Gasteiger partial charge in [-0.25, -0.2) is 4.39 Å². The van der Waals surface area contributed by atoms with Crippen molar-refractivity contribution in [3.63, 3.8) is 0 Å². The van der Waals surface area contributed by atoms with Gasteiger partial charge in [-0.2, -0.15) is 4.98 Å². The summed E-state index contributed by atoms with van der Waals surface area (Å²) in [5.74, 6) is 0.946. The van der Waals surface area contributed by atoms with E-state index in [1.165, 1.54) is 12.1 Å². The van der Waals surface area contributed by atoms with Crippen molar-refractivity contribution in [3.05, 3.63) is 64.7 Å². The number of benzene rings is 2. The summed E-state index contributed by atoms with van der Waals surface area (Å²) < 4.78 is 23.6. The van der Waals surface area contributed by atoms with Crippen LogP contribution in [0.3, 0.4) is 0 Å². The van der Waals surface area contributed by atoms with Gasteiger partial charge in [0.05, 0.1) is 5.02 Å². The summed E-state index contributed by atoms with van der Waals surface area (Å²) in [4.78, 5) is 4.21. The van der Waals surface area contributed by atoms with Crippen LogP contribution in [0, 0.1) is 12.7 Å². The number of nitrogens with zero attached hydrogens (tertiary/aromatic N) is 2. The highest BCUT2D eigenvalue weighted by Crippen LogP contribution is 2.26. The van der Waals surface area contributed by atoms with Crippen LogP contribution in [-0.2, 0) is 6.61 Å². The van der Waals surface area contributed by atoms with E-state index in [1.54, 1.807) is 18.2 Å². The van der Waals surface area contributed by atoms with Gasteiger partial charge in [0.2, 0.25) is 5.82 Å². The van der Waals surface area contributed by atoms with Crippen molar-refractivity contribution in [2.45, 2.75) is 13.5 Å². The second-order valence-electron chi connectivity index (χ2n) is 4.75. The van der Waals surface area contributed by atoms with Crippen LogP contribution in [0.2, 0.25) is 5.02 Å². The molecular formula is C16H12ClFN2O2. The summed E-state index contributed by atoms with van der Waals surface area (Å²) in [6.07, 6.45) is 0. The summed E-state index contributed by atoms with van der Waals surface area (Å²) in [5, 5.41) is 4.36. The van der Waals surface area contributed by atoms with Gasteiger partial charge in [0, 0.05) is 5.56 Å². The second kappa shape index (κ2) is 6.15. The molecule has 0 aliphatic carbocycles. The molecule has 112 valence electrons. The Hall–Kier alpha value is -2.40. The third-order valence-corrected chi connectivity index (χ3v) is 3.31. The minimum Gasteiger partial charge on any atom is -0.484 e. The van der Waals surface area contributed by atoms with Gasteiger partial charge in [0.1, 0.15) is 11.6 Å². The van der Waals surface area contributed by atoms with E-state index in [1.807, 2.05) is 19.1 Å². The molecule has 2 aromatic carbocycles. The molecule has 0 radical (unpaired) electrons. The van der Waals surface area contributed by atoms with Crippen molar-refractivity contribution in [2.75, 3.05) is 0 Å². The lowest BCUT2D eigenvalue weighted by Crippen LogP contribution is -1.98. The molecule has 0 saturated heterocycles. The average molecular weight is 319 g/mol. The Morgan fingerprint density at radius 2 is 1.95 bits per heavy atom. The molecule has 6 heteroatoms. The normalized spacial score (nSPS) is 10.7. The minimum absolute atomic E-state index is 0.133. The fourth-order valence-electron chi connectivity index (χ4n) is 1.89. The van der Waals surface area contributed by atoms with Gasteiger partial charge < -0.3 is 9.26 Å². The maximum atomic E-state index is 12.9. The number of rotatable bonds is 4. The molecule has 1 heterocycles. The standard InChI is InChI=1S/C16H12ClFN2O2/c1-10-2-7-13(17)14(8-10)21-9-15-19-16(22-20-15)11-3-5-12(18)6-4-11/h2-8H,9H2,1H3. The molecule has 0 N–H and O–H groups in total. The molecule has 3 aromatic rings. The van der Waals surface area contributed by atoms with Gasteiger partial charge in [-0.05, 0) is 48.9 Å². The van der Waals surface area contributed by atoms with Gasteiger partial charge in [-0.15, -0.1) is 0 Å². The van der Waals surface area contributed by atoms with Crippen LogP contribution in [0.15, 0.2) is 47.0 Å². The van der Waals surface area contributed by atoms with Crippen LogP contribution >= 0.6 is 11.6 Å². The van der Waals surface area contributed by atoms with E-state index < -0.39 is 0 Å². The van der Waals surface area contributed by atoms with Crippen molar-refractivity contribution in [1.82, 2.24) is 10.1 Å². The number of hydrogen-bond donors (Lipinski definition) is 0. The van der Waals surface area contributed by atoms with Gasteiger partial charge in [-0.1, -0.05) is 22.8 Å². The van der Waals surface area contributed by atoms with Crippen molar-refractivity contribution >= 4 is 11.6 Å². The molecule has 0 saturated carbocycles. The maximum absolute atomic E-state index is 12.9. The quantitative estimate of drug-likeness (QED) is 0.714. The first-order valence-electron chi connectivity index (χ1n) is 6.59. The smallest absolute Gasteiger partial charge is 0.258 e. The van der Waals surface area contributed by atoms with E-state index in [9.17, 15) is 4.39 Å². The van der Waals surface area contributed by atoms with Crippen LogP contribution in [0.1, 0.15) is 11.4 Å². The number of ether oxygens (including phenoxy) is 1. The zero-order chi connectivity index (χ0) is 15.5. The Morgan fingerprint density at radius 3 is 2.73 bits per heavy atom. The van der Waals surface area contributed by atoms with E-state index in [2.05, 4.69) is 10.1 Å². The Bertz CT molecular complexity index is 787. The van der Waals surface area contributed by atoms with Crippen LogP contribution in [0.25, 0.3) is 11.5 Å². The van der Waals surface area contributed by atoms with Crippen LogP contribution in [0.5, 0.6) is 5.75 Å². The molecule has 0 aliphatic heterocycles. The third kappa shape index (κ3) is 3.26. The van der Waals surface area contributed by atoms with Crippen LogP contribution < -0.4 is 4.74 Å². The average Bonchev–Trinajstić information content (AvgIpc) is 2.98. The topological polar surface area (TPSA) is 48.2 Å². The van der Waals surface area contributed by atoms with Crippen LogP contribution in [0.4, 0.5) is 4.39 Å². The van der Waals surface area contributed by atoms with Gasteiger partial charge in [0.15, 0.2) is 6.61 Å². The van der Waals surface area contributed by atoms with Gasteiger partial charge in [0.25, 0.3) is 5.89 Å². The number of halogens is 2. The summed E-state index contributed by atoms with van der Waals surface area (Å²) in [7, 11) is 0. The zero-order valence-electron chi connectivity index (χ0n) is 11.7. The predicted octanol–water partition coefficient (Wildman–Crippen LogP) is 4.42. The summed E-state index contributed by atoms with van der Waals surface area (Å²) >= 11 is 6.05. The molecule has 3 rings (SSSR count). The minimum atomic E-state index is -0.319. The van der Waals surface area contributed by atoms with Crippen LogP contribution in [-0.4, -0.2) is 10.1 Å². The lowest BCUT2D eigenvalue weighted by atomic mass is 10.2. The Labute approximate surface area is 131 Å². The highest BCUT2D eigenvalue weighted by atomic mass is 35.5. The zero-order valence-corrected chi connectivity index (χ0v) is 12.5. The van der Waals surface area contributed by atoms with E-state index in [0.29, 0.717) is 28.1 Å². The van der Waals surface area contributed by atoms with E-state index in [-0.39, 0.29) is 12.4 Å². The fraction of sp³-hybridized carbons (Fsp3) is 0.125. The van der Waals surface area contributed by atoms with Gasteiger partial charge in [-0.3, -0.25) is 0 Å². The van der Waals surface area contributed by atoms with Crippen molar-refractivity contribution in [2.24, 2.45) is 0 Å². The summed E-state index contributed by atoms with van der Waals surface area (Å²) in [6, 6.07) is 11.3. The van der Waals surface area contributed by atoms with Crippen molar-refractivity contribution < 1.29 is 13.7 Å². The molecule has 1 aromatic heterocycles. The molecule has 22 heavy (non-hydrogen) atoms. The molecule has 0 atom stereocenters. The molecular weight excluding hydrogens is 307 g/mol. The summed E-state index contributed by atoms with van der Waals surface area (Å²) in [5.41, 5.74) is 1.69. The van der Waals surface area contributed by atoms with E-state index in [0.717, 1.165) is 5.56 Å². The lowest BCUT2D eigenvalue weighted by molar-refractivity contribution is 0.287.